The van der Waals surface area contributed by atoms with Gasteiger partial charge in [0, 0.05) is 32.2 Å². The molecule has 1 fully saturated rings. The summed E-state index contributed by atoms with van der Waals surface area (Å²) in [7, 11) is 1.67. The molecule has 1 saturated heterocycles. The molecule has 0 bridgehead atoms. The molecular weight excluding hydrogens is 350 g/mol. The zero-order valence-corrected chi connectivity index (χ0v) is 14.6. The lowest BCUT2D eigenvalue weighted by atomic mass is 10.0. The van der Waals surface area contributed by atoms with E-state index in [9.17, 15) is 13.6 Å². The largest absolute Gasteiger partial charge is 0.385 e. The van der Waals surface area contributed by atoms with Crippen molar-refractivity contribution in [3.63, 3.8) is 0 Å². The Hall–Kier alpha value is -1.99. The van der Waals surface area contributed by atoms with E-state index in [-0.39, 0.29) is 28.7 Å². The lowest BCUT2D eigenvalue weighted by Crippen LogP contribution is -2.38. The van der Waals surface area contributed by atoms with Crippen molar-refractivity contribution >= 4 is 17.3 Å². The van der Waals surface area contributed by atoms with Crippen molar-refractivity contribution in [1.29, 1.82) is 0 Å². The molecule has 0 spiro atoms. The van der Waals surface area contributed by atoms with Gasteiger partial charge < -0.3 is 5.32 Å². The van der Waals surface area contributed by atoms with E-state index in [0.717, 1.165) is 0 Å². The van der Waals surface area contributed by atoms with Crippen LogP contribution in [0.5, 0.6) is 0 Å². The minimum absolute atomic E-state index is 0.0716. The van der Waals surface area contributed by atoms with Crippen LogP contribution in [0.2, 0.25) is 5.02 Å². The summed E-state index contributed by atoms with van der Waals surface area (Å²) >= 11 is 6.06. The number of rotatable bonds is 4. The third-order valence-electron chi connectivity index (χ3n) is 4.56. The van der Waals surface area contributed by atoms with E-state index in [1.165, 1.54) is 29.1 Å². The number of hydrogen-bond donors (Lipinski definition) is 1. The van der Waals surface area contributed by atoms with Crippen LogP contribution >= 0.6 is 11.6 Å². The molecule has 134 valence electrons. The van der Waals surface area contributed by atoms with Gasteiger partial charge in [0.1, 0.15) is 16.7 Å². The van der Waals surface area contributed by atoms with Gasteiger partial charge >= 0.3 is 0 Å². The van der Waals surface area contributed by atoms with Crippen LogP contribution < -0.4 is 10.9 Å². The molecule has 2 aromatic rings. The third-order valence-corrected chi connectivity index (χ3v) is 4.92. The second-order valence-electron chi connectivity index (χ2n) is 6.08. The van der Waals surface area contributed by atoms with Crippen LogP contribution in [-0.2, 0) is 6.54 Å². The predicted octanol–water partition coefficient (Wildman–Crippen LogP) is 3.05. The van der Waals surface area contributed by atoms with E-state index in [0.29, 0.717) is 31.6 Å². The Kier molecular flexibility index (Phi) is 5.34. The molecule has 8 heteroatoms. The molecule has 0 atom stereocenters. The van der Waals surface area contributed by atoms with Crippen molar-refractivity contribution in [3.05, 3.63) is 57.0 Å². The number of aromatic nitrogens is 2. The summed E-state index contributed by atoms with van der Waals surface area (Å²) in [6, 6.07) is 3.81. The van der Waals surface area contributed by atoms with E-state index in [4.69, 9.17) is 11.6 Å². The van der Waals surface area contributed by atoms with Crippen LogP contribution in [0.15, 0.2) is 29.2 Å². The molecule has 0 saturated carbocycles. The molecule has 1 aromatic heterocycles. The molecule has 1 aliphatic heterocycles. The first kappa shape index (κ1) is 17.8. The number of halogens is 3. The lowest BCUT2D eigenvalue weighted by Gasteiger charge is -2.32. The minimum Gasteiger partial charge on any atom is -0.385 e. The summed E-state index contributed by atoms with van der Waals surface area (Å²) in [6.07, 6.45) is 2.86. The first-order valence-electron chi connectivity index (χ1n) is 8.11. The van der Waals surface area contributed by atoms with Crippen molar-refractivity contribution in [2.24, 2.45) is 0 Å². The maximum Gasteiger partial charge on any atom is 0.287 e. The van der Waals surface area contributed by atoms with Gasteiger partial charge in [-0.2, -0.15) is 5.10 Å². The van der Waals surface area contributed by atoms with E-state index in [1.54, 1.807) is 7.05 Å². The van der Waals surface area contributed by atoms with Crippen molar-refractivity contribution in [2.45, 2.75) is 25.4 Å². The molecule has 1 N–H and O–H groups in total. The van der Waals surface area contributed by atoms with Crippen molar-refractivity contribution in [3.8, 4) is 0 Å². The number of nitrogens with zero attached hydrogens (tertiary/aromatic N) is 3. The summed E-state index contributed by atoms with van der Waals surface area (Å²) in [5.41, 5.74) is 0.250. The Bertz CT molecular complexity index is 799. The molecule has 2 heterocycles. The fourth-order valence-corrected chi connectivity index (χ4v) is 3.34. The molecule has 1 aliphatic rings. The van der Waals surface area contributed by atoms with Crippen molar-refractivity contribution < 1.29 is 8.78 Å². The predicted molar refractivity (Wildman–Crippen MR) is 93.0 cm³/mol. The number of hydrogen-bond acceptors (Lipinski definition) is 4. The Labute approximate surface area is 149 Å². The highest BCUT2D eigenvalue weighted by atomic mass is 35.5. The maximum absolute atomic E-state index is 13.8. The average Bonchev–Trinajstić information content (AvgIpc) is 2.61. The van der Waals surface area contributed by atoms with Crippen LogP contribution in [0.4, 0.5) is 14.5 Å². The topological polar surface area (TPSA) is 50.2 Å². The van der Waals surface area contributed by atoms with Crippen LogP contribution in [0.25, 0.3) is 0 Å². The second-order valence-corrected chi connectivity index (χ2v) is 6.46. The standard InChI is InChI=1S/C17H19ClF2N4O/c1-21-15-9-22-24(17(25)16(15)18)11-5-7-23(8-6-11)10-12-13(19)3-2-4-14(12)20/h2-4,9,11,21H,5-8,10H2,1H3. The van der Waals surface area contributed by atoms with Crippen molar-refractivity contribution in [2.75, 3.05) is 25.5 Å². The van der Waals surface area contributed by atoms with Crippen molar-refractivity contribution in [1.82, 2.24) is 14.7 Å². The molecule has 0 radical (unpaired) electrons. The van der Waals surface area contributed by atoms with E-state index in [2.05, 4.69) is 10.4 Å². The van der Waals surface area contributed by atoms with Gasteiger partial charge in [0.2, 0.25) is 0 Å². The minimum atomic E-state index is -0.533. The fourth-order valence-electron chi connectivity index (χ4n) is 3.11. The Morgan fingerprint density at radius 2 is 1.92 bits per heavy atom. The molecule has 0 amide bonds. The Balaban J connectivity index is 1.68. The molecule has 1 aromatic carbocycles. The van der Waals surface area contributed by atoms with Crippen LogP contribution in [0, 0.1) is 11.6 Å². The van der Waals surface area contributed by atoms with E-state index >= 15 is 0 Å². The number of likely N-dealkylation sites (tertiary alicyclic amines) is 1. The number of benzene rings is 1. The number of anilines is 1. The number of piperidine rings is 1. The summed E-state index contributed by atoms with van der Waals surface area (Å²) in [5.74, 6) is -1.07. The average molecular weight is 369 g/mol. The van der Waals surface area contributed by atoms with Gasteiger partial charge in [-0.25, -0.2) is 13.5 Å². The molecular formula is C17H19ClF2N4O. The van der Waals surface area contributed by atoms with Gasteiger partial charge in [-0.15, -0.1) is 0 Å². The van der Waals surface area contributed by atoms with E-state index < -0.39 is 11.6 Å². The van der Waals surface area contributed by atoms with Crippen LogP contribution in [0.3, 0.4) is 0 Å². The van der Waals surface area contributed by atoms with Crippen LogP contribution in [0.1, 0.15) is 24.4 Å². The third kappa shape index (κ3) is 3.67. The number of nitrogens with one attached hydrogen (secondary N) is 1. The van der Waals surface area contributed by atoms with Gasteiger partial charge in [0.25, 0.3) is 5.56 Å². The highest BCUT2D eigenvalue weighted by Gasteiger charge is 2.24. The zero-order valence-electron chi connectivity index (χ0n) is 13.8. The molecule has 0 aliphatic carbocycles. The normalized spacial score (nSPS) is 16.2. The fraction of sp³-hybridized carbons (Fsp3) is 0.412. The SMILES string of the molecule is CNc1cnn(C2CCN(Cc3c(F)cccc3F)CC2)c(=O)c1Cl. The molecule has 25 heavy (non-hydrogen) atoms. The van der Waals surface area contributed by atoms with Gasteiger partial charge in [-0.1, -0.05) is 17.7 Å². The van der Waals surface area contributed by atoms with Gasteiger partial charge in [-0.05, 0) is 25.0 Å². The van der Waals surface area contributed by atoms with Gasteiger partial charge in [-0.3, -0.25) is 9.69 Å². The second kappa shape index (κ2) is 7.49. The monoisotopic (exact) mass is 368 g/mol. The Morgan fingerprint density at radius 1 is 1.28 bits per heavy atom. The molecule has 5 nitrogen and oxygen atoms in total. The first-order valence-corrected chi connectivity index (χ1v) is 8.49. The highest BCUT2D eigenvalue weighted by molar-refractivity contribution is 6.32. The molecule has 3 rings (SSSR count). The first-order chi connectivity index (χ1) is 12.0. The summed E-state index contributed by atoms with van der Waals surface area (Å²) < 4.78 is 29.0. The Morgan fingerprint density at radius 3 is 2.52 bits per heavy atom. The van der Waals surface area contributed by atoms with E-state index in [1.807, 2.05) is 4.90 Å². The van der Waals surface area contributed by atoms with Gasteiger partial charge in [0.15, 0.2) is 0 Å². The molecule has 0 unspecified atom stereocenters. The smallest absolute Gasteiger partial charge is 0.287 e. The summed E-state index contributed by atoms with van der Waals surface area (Å²) in [5, 5.41) is 7.13. The zero-order chi connectivity index (χ0) is 18.0. The lowest BCUT2D eigenvalue weighted by molar-refractivity contribution is 0.167. The quantitative estimate of drug-likeness (QED) is 0.901. The summed E-state index contributed by atoms with van der Waals surface area (Å²) in [6.45, 7) is 1.46. The summed E-state index contributed by atoms with van der Waals surface area (Å²) in [4.78, 5) is 14.3. The van der Waals surface area contributed by atoms with Gasteiger partial charge in [0.05, 0.1) is 17.9 Å². The maximum atomic E-state index is 13.8. The van der Waals surface area contributed by atoms with Crippen LogP contribution in [-0.4, -0.2) is 34.8 Å². The highest BCUT2D eigenvalue weighted by Crippen LogP contribution is 2.24.